The van der Waals surface area contributed by atoms with E-state index in [2.05, 4.69) is 21.2 Å². The molecule has 0 radical (unpaired) electrons. The number of carbonyl (C=O) groups is 1. The van der Waals surface area contributed by atoms with Crippen LogP contribution in [0.5, 0.6) is 0 Å². The molecule has 0 saturated carbocycles. The summed E-state index contributed by atoms with van der Waals surface area (Å²) in [6.07, 6.45) is -0.892. The van der Waals surface area contributed by atoms with Gasteiger partial charge in [0.05, 0.1) is 18.5 Å². The van der Waals surface area contributed by atoms with Gasteiger partial charge in [0.2, 0.25) is 5.91 Å². The molecule has 0 saturated heterocycles. The number of carbonyl (C=O) groups excluding carboxylic acids is 1. The zero-order chi connectivity index (χ0) is 12.7. The van der Waals surface area contributed by atoms with Crippen LogP contribution in [-0.4, -0.2) is 41.1 Å². The highest BCUT2D eigenvalue weighted by molar-refractivity contribution is 9.10. The predicted molar refractivity (Wildman–Crippen MR) is 71.0 cm³/mol. The van der Waals surface area contributed by atoms with Crippen LogP contribution in [-0.2, 0) is 4.79 Å². The van der Waals surface area contributed by atoms with Crippen LogP contribution in [0.4, 0.5) is 0 Å². The molecular formula is C11H14BrNO3S. The van der Waals surface area contributed by atoms with Gasteiger partial charge in [0.1, 0.15) is 0 Å². The van der Waals surface area contributed by atoms with Gasteiger partial charge in [0.15, 0.2) is 0 Å². The van der Waals surface area contributed by atoms with Crippen molar-refractivity contribution in [1.82, 2.24) is 5.32 Å². The van der Waals surface area contributed by atoms with Gasteiger partial charge >= 0.3 is 0 Å². The molecule has 0 heterocycles. The van der Waals surface area contributed by atoms with Crippen LogP contribution in [0.15, 0.2) is 33.6 Å². The summed E-state index contributed by atoms with van der Waals surface area (Å²) < 4.78 is 0.998. The van der Waals surface area contributed by atoms with E-state index < -0.39 is 6.10 Å². The summed E-state index contributed by atoms with van der Waals surface area (Å²) in [6.45, 7) is -0.267. The van der Waals surface area contributed by atoms with Crippen LogP contribution in [0.1, 0.15) is 0 Å². The van der Waals surface area contributed by atoms with E-state index in [0.717, 1.165) is 9.37 Å². The smallest absolute Gasteiger partial charge is 0.230 e. The Morgan fingerprint density at radius 3 is 2.65 bits per heavy atom. The van der Waals surface area contributed by atoms with Crippen molar-refractivity contribution in [2.45, 2.75) is 11.0 Å². The Bertz CT molecular complexity index is 358. The van der Waals surface area contributed by atoms with E-state index in [1.54, 1.807) is 0 Å². The van der Waals surface area contributed by atoms with E-state index in [-0.39, 0.29) is 19.1 Å². The maximum Gasteiger partial charge on any atom is 0.230 e. The topological polar surface area (TPSA) is 69.6 Å². The van der Waals surface area contributed by atoms with Crippen molar-refractivity contribution in [2.24, 2.45) is 0 Å². The lowest BCUT2D eigenvalue weighted by Crippen LogP contribution is -2.34. The summed E-state index contributed by atoms with van der Waals surface area (Å²) in [5.41, 5.74) is 0. The molecular weight excluding hydrogens is 306 g/mol. The molecule has 6 heteroatoms. The van der Waals surface area contributed by atoms with Gasteiger partial charge in [0.25, 0.3) is 0 Å². The molecule has 0 spiro atoms. The first-order valence-corrected chi connectivity index (χ1v) is 6.83. The van der Waals surface area contributed by atoms with E-state index in [9.17, 15) is 4.79 Å². The second-order valence-corrected chi connectivity index (χ2v) is 5.35. The number of benzene rings is 1. The van der Waals surface area contributed by atoms with Gasteiger partial charge in [-0.2, -0.15) is 0 Å². The summed E-state index contributed by atoms with van der Waals surface area (Å²) in [4.78, 5) is 12.4. The third kappa shape index (κ3) is 6.07. The molecule has 1 aromatic rings. The zero-order valence-electron chi connectivity index (χ0n) is 9.10. The number of aliphatic hydroxyl groups is 2. The fraction of sp³-hybridized carbons (Fsp3) is 0.364. The number of amides is 1. The molecule has 0 aromatic heterocycles. The molecule has 0 fully saturated rings. The second-order valence-electron chi connectivity index (χ2n) is 3.38. The van der Waals surface area contributed by atoms with Gasteiger partial charge in [-0.3, -0.25) is 4.79 Å². The van der Waals surface area contributed by atoms with Crippen LogP contribution in [0.3, 0.4) is 0 Å². The van der Waals surface area contributed by atoms with Crippen molar-refractivity contribution in [3.8, 4) is 0 Å². The average molecular weight is 320 g/mol. The van der Waals surface area contributed by atoms with Gasteiger partial charge in [-0.1, -0.05) is 15.9 Å². The molecule has 17 heavy (non-hydrogen) atoms. The average Bonchev–Trinajstić information content (AvgIpc) is 2.35. The lowest BCUT2D eigenvalue weighted by molar-refractivity contribution is -0.119. The SMILES string of the molecule is O=C(CSc1ccc(Br)cc1)NCC(O)CO. The number of thioether (sulfide) groups is 1. The van der Waals surface area contributed by atoms with Crippen LogP contribution in [0, 0.1) is 0 Å². The lowest BCUT2D eigenvalue weighted by Gasteiger charge is -2.08. The van der Waals surface area contributed by atoms with E-state index in [1.807, 2.05) is 24.3 Å². The summed E-state index contributed by atoms with van der Waals surface area (Å²) in [5.74, 6) is 0.130. The van der Waals surface area contributed by atoms with Crippen molar-refractivity contribution in [2.75, 3.05) is 18.9 Å². The van der Waals surface area contributed by atoms with Crippen LogP contribution in [0.2, 0.25) is 0 Å². The first-order valence-electron chi connectivity index (χ1n) is 5.06. The van der Waals surface area contributed by atoms with E-state index in [1.165, 1.54) is 11.8 Å². The van der Waals surface area contributed by atoms with Crippen LogP contribution < -0.4 is 5.32 Å². The van der Waals surface area contributed by atoms with Gasteiger partial charge in [-0.15, -0.1) is 11.8 Å². The minimum atomic E-state index is -0.892. The van der Waals surface area contributed by atoms with Gasteiger partial charge < -0.3 is 15.5 Å². The standard InChI is InChI=1S/C11H14BrNO3S/c12-8-1-3-10(4-2-8)17-7-11(16)13-5-9(15)6-14/h1-4,9,14-15H,5-7H2,(H,13,16). The van der Waals surface area contributed by atoms with Gasteiger partial charge in [-0.05, 0) is 24.3 Å². The monoisotopic (exact) mass is 319 g/mol. The minimum absolute atomic E-state index is 0.0796. The summed E-state index contributed by atoms with van der Waals surface area (Å²) in [5, 5.41) is 20.2. The molecule has 4 nitrogen and oxygen atoms in total. The van der Waals surface area contributed by atoms with E-state index in [0.29, 0.717) is 5.75 Å². The second kappa shape index (κ2) is 7.71. The molecule has 1 amide bonds. The summed E-state index contributed by atoms with van der Waals surface area (Å²) in [6, 6.07) is 7.67. The number of nitrogens with one attached hydrogen (secondary N) is 1. The Labute approximate surface area is 113 Å². The Hall–Kier alpha value is -0.560. The van der Waals surface area contributed by atoms with Gasteiger partial charge in [-0.25, -0.2) is 0 Å². The lowest BCUT2D eigenvalue weighted by atomic mass is 10.4. The fourth-order valence-electron chi connectivity index (χ4n) is 1.03. The molecule has 1 unspecified atom stereocenters. The van der Waals surface area contributed by atoms with E-state index in [4.69, 9.17) is 10.2 Å². The largest absolute Gasteiger partial charge is 0.394 e. The highest BCUT2D eigenvalue weighted by Gasteiger charge is 2.06. The minimum Gasteiger partial charge on any atom is -0.394 e. The molecule has 0 aliphatic heterocycles. The third-order valence-electron chi connectivity index (χ3n) is 1.93. The predicted octanol–water partition coefficient (Wildman–Crippen LogP) is 1.01. The van der Waals surface area contributed by atoms with Crippen LogP contribution in [0.25, 0.3) is 0 Å². The molecule has 0 aliphatic carbocycles. The Balaban J connectivity index is 2.26. The Kier molecular flexibility index (Phi) is 6.57. The van der Waals surface area contributed by atoms with Crippen molar-refractivity contribution in [1.29, 1.82) is 0 Å². The number of hydrogen-bond donors (Lipinski definition) is 3. The molecule has 0 aliphatic rings. The van der Waals surface area contributed by atoms with Gasteiger partial charge in [0, 0.05) is 15.9 Å². The maximum atomic E-state index is 11.4. The first-order chi connectivity index (χ1) is 8.11. The number of rotatable bonds is 6. The highest BCUT2D eigenvalue weighted by atomic mass is 79.9. The van der Waals surface area contributed by atoms with Crippen LogP contribution >= 0.6 is 27.7 Å². The Morgan fingerprint density at radius 1 is 1.41 bits per heavy atom. The number of hydrogen-bond acceptors (Lipinski definition) is 4. The molecule has 1 rings (SSSR count). The maximum absolute atomic E-state index is 11.4. The van der Waals surface area contributed by atoms with Crippen molar-refractivity contribution in [3.05, 3.63) is 28.7 Å². The first kappa shape index (κ1) is 14.5. The summed E-state index contributed by atoms with van der Waals surface area (Å²) in [7, 11) is 0. The zero-order valence-corrected chi connectivity index (χ0v) is 11.5. The number of aliphatic hydroxyl groups excluding tert-OH is 2. The normalized spacial score (nSPS) is 12.2. The Morgan fingerprint density at radius 2 is 2.06 bits per heavy atom. The quantitative estimate of drug-likeness (QED) is 0.684. The van der Waals surface area contributed by atoms with Crippen molar-refractivity contribution < 1.29 is 15.0 Å². The van der Waals surface area contributed by atoms with Crippen molar-refractivity contribution >= 4 is 33.6 Å². The molecule has 3 N–H and O–H groups in total. The summed E-state index contributed by atoms with van der Waals surface area (Å²) >= 11 is 4.75. The third-order valence-corrected chi connectivity index (χ3v) is 3.47. The number of halogens is 1. The molecule has 94 valence electrons. The molecule has 1 atom stereocenters. The fourth-order valence-corrected chi connectivity index (χ4v) is 2.02. The molecule has 0 bridgehead atoms. The van der Waals surface area contributed by atoms with E-state index >= 15 is 0 Å². The highest BCUT2D eigenvalue weighted by Crippen LogP contribution is 2.20. The molecule has 1 aromatic carbocycles. The van der Waals surface area contributed by atoms with Crippen molar-refractivity contribution in [3.63, 3.8) is 0 Å².